The van der Waals surface area contributed by atoms with Gasteiger partial charge >= 0.3 is 0 Å². The van der Waals surface area contributed by atoms with Crippen molar-refractivity contribution in [1.29, 1.82) is 0 Å². The number of carbonyl (C=O) groups is 3. The van der Waals surface area contributed by atoms with Crippen LogP contribution >= 0.6 is 11.3 Å². The third-order valence-electron chi connectivity index (χ3n) is 5.95. The molecule has 2 fully saturated rings. The highest BCUT2D eigenvalue weighted by molar-refractivity contribution is 7.16. The van der Waals surface area contributed by atoms with E-state index >= 15 is 0 Å². The molecule has 0 atom stereocenters. The van der Waals surface area contributed by atoms with E-state index in [0.717, 1.165) is 55.4 Å². The predicted molar refractivity (Wildman–Crippen MR) is 107 cm³/mol. The van der Waals surface area contributed by atoms with Crippen LogP contribution < -0.4 is 11.1 Å². The maximum atomic E-state index is 12.9. The quantitative estimate of drug-likeness (QED) is 0.779. The summed E-state index contributed by atoms with van der Waals surface area (Å²) in [6.45, 7) is 3.78. The summed E-state index contributed by atoms with van der Waals surface area (Å²) in [5.74, 6) is -0.595. The second-order valence-electron chi connectivity index (χ2n) is 7.79. The molecule has 0 saturated heterocycles. The molecule has 27 heavy (non-hydrogen) atoms. The molecule has 2 aliphatic carbocycles. The number of rotatable bonds is 6. The van der Waals surface area contributed by atoms with E-state index in [0.29, 0.717) is 10.6 Å². The van der Waals surface area contributed by atoms with Crippen LogP contribution in [-0.2, 0) is 9.59 Å². The molecule has 0 aromatic carbocycles. The lowest BCUT2D eigenvalue weighted by Gasteiger charge is -2.38. The number of anilines is 1. The van der Waals surface area contributed by atoms with Crippen LogP contribution in [0.4, 0.5) is 5.00 Å². The Morgan fingerprint density at radius 1 is 1.07 bits per heavy atom. The van der Waals surface area contributed by atoms with Crippen LogP contribution in [0.3, 0.4) is 0 Å². The first kappa shape index (κ1) is 19.9. The Bertz CT molecular complexity index is 733. The standard InChI is InChI=1S/C20H29N3O3S/c1-12-13(2)27-19(17(12)18(21)25)22-16(24)11-23(15-9-4-3-5-10-15)20(26)14-7-6-8-14/h14-15H,3-11H2,1-2H3,(H2,21,25)(H,22,24). The highest BCUT2D eigenvalue weighted by atomic mass is 32.1. The lowest BCUT2D eigenvalue weighted by Crippen LogP contribution is -2.49. The van der Waals surface area contributed by atoms with Crippen LogP contribution in [0.1, 0.15) is 72.2 Å². The van der Waals surface area contributed by atoms with Gasteiger partial charge in [0.15, 0.2) is 0 Å². The van der Waals surface area contributed by atoms with Gasteiger partial charge in [-0.3, -0.25) is 14.4 Å². The van der Waals surface area contributed by atoms with Gasteiger partial charge in [-0.2, -0.15) is 0 Å². The summed E-state index contributed by atoms with van der Waals surface area (Å²) in [7, 11) is 0. The monoisotopic (exact) mass is 391 g/mol. The number of carbonyl (C=O) groups excluding carboxylic acids is 3. The molecule has 0 bridgehead atoms. The summed E-state index contributed by atoms with van der Waals surface area (Å²) >= 11 is 1.35. The molecule has 0 radical (unpaired) electrons. The van der Waals surface area contributed by atoms with Crippen molar-refractivity contribution in [3.05, 3.63) is 16.0 Å². The zero-order valence-electron chi connectivity index (χ0n) is 16.2. The van der Waals surface area contributed by atoms with Crippen molar-refractivity contribution in [3.8, 4) is 0 Å². The Balaban J connectivity index is 1.73. The lowest BCUT2D eigenvalue weighted by atomic mass is 9.83. The Hall–Kier alpha value is -1.89. The SMILES string of the molecule is Cc1sc(NC(=O)CN(C(=O)C2CCC2)C2CCCCC2)c(C(N)=O)c1C. The van der Waals surface area contributed by atoms with Gasteiger partial charge in [0.2, 0.25) is 11.8 Å². The van der Waals surface area contributed by atoms with Gasteiger partial charge in [0.05, 0.1) is 5.56 Å². The minimum absolute atomic E-state index is 0.0498. The van der Waals surface area contributed by atoms with E-state index < -0.39 is 5.91 Å². The largest absolute Gasteiger partial charge is 0.365 e. The number of hydrogen-bond donors (Lipinski definition) is 2. The topological polar surface area (TPSA) is 92.5 Å². The molecule has 0 spiro atoms. The number of thiophene rings is 1. The highest BCUT2D eigenvalue weighted by Crippen LogP contribution is 2.33. The van der Waals surface area contributed by atoms with E-state index in [1.807, 2.05) is 13.8 Å². The number of amides is 3. The van der Waals surface area contributed by atoms with Gasteiger partial charge in [-0.15, -0.1) is 11.3 Å². The average Bonchev–Trinajstić information content (AvgIpc) is 2.85. The highest BCUT2D eigenvalue weighted by Gasteiger charge is 2.34. The maximum Gasteiger partial charge on any atom is 0.251 e. The summed E-state index contributed by atoms with van der Waals surface area (Å²) in [6.07, 6.45) is 8.30. The van der Waals surface area contributed by atoms with Gasteiger partial charge in [0.25, 0.3) is 5.91 Å². The summed E-state index contributed by atoms with van der Waals surface area (Å²) in [6, 6.07) is 0.153. The molecule has 2 aliphatic rings. The van der Waals surface area contributed by atoms with E-state index in [1.54, 1.807) is 4.90 Å². The Kier molecular flexibility index (Phi) is 6.19. The van der Waals surface area contributed by atoms with Crippen LogP contribution in [0.15, 0.2) is 0 Å². The van der Waals surface area contributed by atoms with Gasteiger partial charge in [-0.25, -0.2) is 0 Å². The minimum atomic E-state index is -0.540. The second kappa shape index (κ2) is 8.42. The first-order chi connectivity index (χ1) is 12.9. The van der Waals surface area contributed by atoms with E-state index in [1.165, 1.54) is 17.8 Å². The molecule has 0 aliphatic heterocycles. The van der Waals surface area contributed by atoms with Gasteiger partial charge in [-0.05, 0) is 45.1 Å². The molecule has 7 heteroatoms. The molecule has 3 amide bonds. The van der Waals surface area contributed by atoms with Crippen LogP contribution in [0.2, 0.25) is 0 Å². The third-order valence-corrected chi connectivity index (χ3v) is 7.07. The lowest BCUT2D eigenvalue weighted by molar-refractivity contribution is -0.143. The minimum Gasteiger partial charge on any atom is -0.365 e. The van der Waals surface area contributed by atoms with Crippen LogP contribution in [-0.4, -0.2) is 35.2 Å². The normalized spacial score (nSPS) is 18.0. The van der Waals surface area contributed by atoms with Crippen molar-refractivity contribution in [2.75, 3.05) is 11.9 Å². The smallest absolute Gasteiger partial charge is 0.251 e. The molecule has 3 rings (SSSR count). The number of nitrogens with zero attached hydrogens (tertiary/aromatic N) is 1. The fraction of sp³-hybridized carbons (Fsp3) is 0.650. The van der Waals surface area contributed by atoms with Gasteiger partial charge in [-0.1, -0.05) is 25.7 Å². The Labute approximate surface area is 164 Å². The summed E-state index contributed by atoms with van der Waals surface area (Å²) in [4.78, 5) is 40.2. The second-order valence-corrected chi connectivity index (χ2v) is 9.01. The van der Waals surface area contributed by atoms with Crippen molar-refractivity contribution < 1.29 is 14.4 Å². The first-order valence-corrected chi connectivity index (χ1v) is 10.7. The van der Waals surface area contributed by atoms with E-state index in [9.17, 15) is 14.4 Å². The van der Waals surface area contributed by atoms with Crippen molar-refractivity contribution in [2.24, 2.45) is 11.7 Å². The molecule has 1 heterocycles. The number of hydrogen-bond acceptors (Lipinski definition) is 4. The average molecular weight is 392 g/mol. The molecular formula is C20H29N3O3S. The van der Waals surface area contributed by atoms with Crippen molar-refractivity contribution >= 4 is 34.1 Å². The molecule has 1 aromatic heterocycles. The van der Waals surface area contributed by atoms with E-state index in [-0.39, 0.29) is 30.3 Å². The summed E-state index contributed by atoms with van der Waals surface area (Å²) in [5, 5.41) is 3.33. The summed E-state index contributed by atoms with van der Waals surface area (Å²) in [5.41, 5.74) is 6.67. The van der Waals surface area contributed by atoms with Gasteiger partial charge in [0.1, 0.15) is 11.5 Å². The molecule has 2 saturated carbocycles. The van der Waals surface area contributed by atoms with Crippen molar-refractivity contribution in [3.63, 3.8) is 0 Å². The molecule has 1 aromatic rings. The Morgan fingerprint density at radius 3 is 2.30 bits per heavy atom. The van der Waals surface area contributed by atoms with Crippen LogP contribution in [0.5, 0.6) is 0 Å². The molecule has 6 nitrogen and oxygen atoms in total. The zero-order chi connectivity index (χ0) is 19.6. The maximum absolute atomic E-state index is 12.9. The molecule has 3 N–H and O–H groups in total. The van der Waals surface area contributed by atoms with E-state index in [4.69, 9.17) is 5.73 Å². The number of aryl methyl sites for hydroxylation is 1. The number of nitrogens with one attached hydrogen (secondary N) is 1. The predicted octanol–water partition coefficient (Wildman–Crippen LogP) is 3.36. The zero-order valence-corrected chi connectivity index (χ0v) is 17.0. The van der Waals surface area contributed by atoms with Gasteiger partial charge < -0.3 is 16.0 Å². The third kappa shape index (κ3) is 4.34. The first-order valence-electron chi connectivity index (χ1n) is 9.88. The Morgan fingerprint density at radius 2 is 1.74 bits per heavy atom. The van der Waals surface area contributed by atoms with Crippen LogP contribution in [0, 0.1) is 19.8 Å². The van der Waals surface area contributed by atoms with Crippen molar-refractivity contribution in [2.45, 2.75) is 71.3 Å². The molecule has 148 valence electrons. The van der Waals surface area contributed by atoms with Crippen molar-refractivity contribution in [1.82, 2.24) is 4.90 Å². The molecular weight excluding hydrogens is 362 g/mol. The van der Waals surface area contributed by atoms with E-state index in [2.05, 4.69) is 5.32 Å². The summed E-state index contributed by atoms with van der Waals surface area (Å²) < 4.78 is 0. The fourth-order valence-corrected chi connectivity index (χ4v) is 5.08. The fourth-order valence-electron chi connectivity index (χ4n) is 4.00. The number of primary amides is 1. The van der Waals surface area contributed by atoms with Crippen LogP contribution in [0.25, 0.3) is 0 Å². The number of nitrogens with two attached hydrogens (primary N) is 1. The molecule has 0 unspecified atom stereocenters. The van der Waals surface area contributed by atoms with Gasteiger partial charge in [0, 0.05) is 16.8 Å².